The Kier molecular flexibility index (Phi) is 2.06. The van der Waals surface area contributed by atoms with Gasteiger partial charge in [0, 0.05) is 5.10 Å². The zero-order valence-electron chi connectivity index (χ0n) is 5.79. The molecular weight excluding hydrogens is 150 g/mol. The van der Waals surface area contributed by atoms with E-state index in [1.807, 2.05) is 6.26 Å². The number of nitrogens with zero attached hydrogens (tertiary/aromatic N) is 2. The van der Waals surface area contributed by atoms with Gasteiger partial charge < -0.3 is 0 Å². The Labute approximate surface area is 62.3 Å². The summed E-state index contributed by atoms with van der Waals surface area (Å²) in [6, 6.07) is 0. The van der Waals surface area contributed by atoms with Crippen molar-refractivity contribution in [1.29, 1.82) is 0 Å². The molecule has 0 aliphatic heterocycles. The van der Waals surface area contributed by atoms with E-state index in [0.717, 1.165) is 0 Å². The highest BCUT2D eigenvalue weighted by Gasteiger charge is 2.00. The monoisotopic (exact) mass is 158 g/mol. The number of aromatic nitrogens is 3. The summed E-state index contributed by atoms with van der Waals surface area (Å²) in [5, 5.41) is 4.61. The lowest BCUT2D eigenvalue weighted by Gasteiger charge is -1.88. The van der Waals surface area contributed by atoms with Gasteiger partial charge in [-0.2, -0.15) is 0 Å². The van der Waals surface area contributed by atoms with Crippen molar-refractivity contribution in [2.24, 2.45) is 7.05 Å². The summed E-state index contributed by atoms with van der Waals surface area (Å²) in [7, 11) is 1.72. The van der Waals surface area contributed by atoms with E-state index in [4.69, 9.17) is 0 Å². The third-order valence-corrected chi connectivity index (χ3v) is 1.55. The van der Waals surface area contributed by atoms with Gasteiger partial charge in [-0.25, -0.2) is 0 Å². The maximum absolute atomic E-state index is 10.7. The van der Waals surface area contributed by atoms with E-state index in [0.29, 0.717) is 5.16 Å². The van der Waals surface area contributed by atoms with E-state index in [-0.39, 0.29) is 5.56 Å². The molecule has 10 heavy (non-hydrogen) atoms. The topological polar surface area (TPSA) is 49.6 Å². The summed E-state index contributed by atoms with van der Waals surface area (Å²) in [4.78, 5) is 13.3. The first kappa shape index (κ1) is 7.27. The second-order valence-electron chi connectivity index (χ2n) is 1.80. The number of thioether (sulfide) groups is 1. The number of nitrogens with one attached hydrogen (secondary N) is 1. The maximum atomic E-state index is 10.7. The molecule has 4 nitrogen and oxygen atoms in total. The Morgan fingerprint density at radius 2 is 2.50 bits per heavy atom. The Hall–Kier alpha value is -0.840. The summed E-state index contributed by atoms with van der Waals surface area (Å²) in [6.45, 7) is 0. The molecule has 1 rings (SSSR count). The lowest BCUT2D eigenvalue weighted by molar-refractivity contribution is -0.735. The number of aryl methyl sites for hydroxylation is 1. The largest absolute Gasteiger partial charge is 0.316 e. The number of aromatic amines is 1. The van der Waals surface area contributed by atoms with Crippen LogP contribution in [0.1, 0.15) is 0 Å². The molecule has 0 bridgehead atoms. The molecule has 1 aromatic rings. The highest BCUT2D eigenvalue weighted by molar-refractivity contribution is 7.98. The van der Waals surface area contributed by atoms with Crippen molar-refractivity contribution in [3.8, 4) is 0 Å². The van der Waals surface area contributed by atoms with Crippen LogP contribution >= 0.6 is 11.8 Å². The fraction of sp³-hybridized carbons (Fsp3) is 0.400. The lowest BCUT2D eigenvalue weighted by atomic mass is 10.8. The molecule has 0 saturated carbocycles. The summed E-state index contributed by atoms with van der Waals surface area (Å²) in [5.41, 5.74) is -0.123. The van der Waals surface area contributed by atoms with Crippen molar-refractivity contribution in [3.05, 3.63) is 16.6 Å². The van der Waals surface area contributed by atoms with Crippen LogP contribution in [0, 0.1) is 0 Å². The summed E-state index contributed by atoms with van der Waals surface area (Å²) >= 11 is 1.41. The van der Waals surface area contributed by atoms with Gasteiger partial charge in [0.25, 0.3) is 6.20 Å². The number of H-pyrrole nitrogens is 1. The van der Waals surface area contributed by atoms with E-state index >= 15 is 0 Å². The van der Waals surface area contributed by atoms with Gasteiger partial charge in [-0.1, -0.05) is 16.4 Å². The third kappa shape index (κ3) is 1.57. The highest BCUT2D eigenvalue weighted by atomic mass is 32.2. The van der Waals surface area contributed by atoms with E-state index in [9.17, 15) is 4.79 Å². The second kappa shape index (κ2) is 2.83. The maximum Gasteiger partial charge on any atom is 0.316 e. The van der Waals surface area contributed by atoms with Crippen LogP contribution in [-0.4, -0.2) is 16.3 Å². The standard InChI is InChI=1S/C5H7N3OS/c1-8-3-4(9)6-5(7-8)10-2/h3H,1-2H3/p+1. The predicted octanol–water partition coefficient (Wildman–Crippen LogP) is -0.684. The van der Waals surface area contributed by atoms with E-state index < -0.39 is 0 Å². The molecule has 1 N–H and O–H groups in total. The zero-order valence-corrected chi connectivity index (χ0v) is 6.60. The molecule has 0 atom stereocenters. The van der Waals surface area contributed by atoms with Gasteiger partial charge in [0.15, 0.2) is 7.05 Å². The smallest absolute Gasteiger partial charge is 0.291 e. The zero-order chi connectivity index (χ0) is 7.56. The minimum Gasteiger partial charge on any atom is -0.291 e. The Morgan fingerprint density at radius 3 is 3.00 bits per heavy atom. The number of hydrogen-bond acceptors (Lipinski definition) is 3. The van der Waals surface area contributed by atoms with Crippen LogP contribution in [0.25, 0.3) is 0 Å². The normalized spacial score (nSPS) is 9.80. The number of rotatable bonds is 1. The molecule has 0 saturated heterocycles. The highest BCUT2D eigenvalue weighted by Crippen LogP contribution is 2.00. The molecule has 1 aromatic heterocycles. The van der Waals surface area contributed by atoms with Crippen LogP contribution in [0.4, 0.5) is 0 Å². The minimum absolute atomic E-state index is 0.123. The van der Waals surface area contributed by atoms with Crippen LogP contribution in [0.15, 0.2) is 16.1 Å². The molecule has 0 aliphatic carbocycles. The first-order chi connectivity index (χ1) is 4.72. The van der Waals surface area contributed by atoms with Crippen molar-refractivity contribution >= 4 is 11.8 Å². The van der Waals surface area contributed by atoms with Crippen LogP contribution in [0.5, 0.6) is 0 Å². The summed E-state index contributed by atoms with van der Waals surface area (Å²) < 4.78 is 1.49. The Bertz CT molecular complexity index is 282. The molecule has 1 heterocycles. The van der Waals surface area contributed by atoms with E-state index in [1.165, 1.54) is 22.6 Å². The Morgan fingerprint density at radius 1 is 1.80 bits per heavy atom. The Balaban J connectivity index is 3.19. The molecule has 0 amide bonds. The molecular formula is C5H8N3OS+. The van der Waals surface area contributed by atoms with Gasteiger partial charge in [0.1, 0.15) is 0 Å². The van der Waals surface area contributed by atoms with Crippen molar-refractivity contribution in [1.82, 2.24) is 10.1 Å². The fourth-order valence-electron chi connectivity index (χ4n) is 0.596. The van der Waals surface area contributed by atoms with Crippen molar-refractivity contribution < 1.29 is 4.68 Å². The predicted molar refractivity (Wildman–Crippen MR) is 37.8 cm³/mol. The van der Waals surface area contributed by atoms with Gasteiger partial charge >= 0.3 is 5.56 Å². The second-order valence-corrected chi connectivity index (χ2v) is 2.60. The van der Waals surface area contributed by atoms with Crippen molar-refractivity contribution in [2.45, 2.75) is 5.16 Å². The van der Waals surface area contributed by atoms with Gasteiger partial charge in [0.2, 0.25) is 5.16 Å². The van der Waals surface area contributed by atoms with Gasteiger partial charge in [-0.15, -0.1) is 0 Å². The van der Waals surface area contributed by atoms with E-state index in [1.54, 1.807) is 7.05 Å². The number of hydrogen-bond donors (Lipinski definition) is 1. The summed E-state index contributed by atoms with van der Waals surface area (Å²) in [6.07, 6.45) is 3.25. The molecule has 0 radical (unpaired) electrons. The van der Waals surface area contributed by atoms with Crippen LogP contribution in [0.2, 0.25) is 0 Å². The first-order valence-corrected chi connectivity index (χ1v) is 3.96. The average Bonchev–Trinajstić information content (AvgIpc) is 1.85. The molecule has 0 aliphatic rings. The molecule has 0 unspecified atom stereocenters. The quantitative estimate of drug-likeness (QED) is 0.435. The molecule has 54 valence electrons. The van der Waals surface area contributed by atoms with Gasteiger partial charge in [0.05, 0.1) is 0 Å². The molecule has 0 fully saturated rings. The average molecular weight is 158 g/mol. The fourth-order valence-corrected chi connectivity index (χ4v) is 1.01. The minimum atomic E-state index is -0.123. The van der Waals surface area contributed by atoms with Crippen molar-refractivity contribution in [2.75, 3.05) is 6.26 Å². The van der Waals surface area contributed by atoms with Gasteiger partial charge in [-0.3, -0.25) is 9.78 Å². The molecule has 0 aromatic carbocycles. The third-order valence-electron chi connectivity index (χ3n) is 0.976. The molecule has 0 spiro atoms. The lowest BCUT2D eigenvalue weighted by Crippen LogP contribution is -2.38. The van der Waals surface area contributed by atoms with E-state index in [2.05, 4.69) is 10.1 Å². The van der Waals surface area contributed by atoms with Crippen LogP contribution < -0.4 is 10.2 Å². The summed E-state index contributed by atoms with van der Waals surface area (Å²) in [5.74, 6) is 0. The van der Waals surface area contributed by atoms with Crippen molar-refractivity contribution in [3.63, 3.8) is 0 Å². The first-order valence-electron chi connectivity index (χ1n) is 2.73. The van der Waals surface area contributed by atoms with Crippen LogP contribution in [-0.2, 0) is 7.05 Å². The van der Waals surface area contributed by atoms with Gasteiger partial charge in [-0.05, 0) is 6.26 Å². The SMILES string of the molecule is CSc1n[n+](C)cc(=O)[nH]1. The van der Waals surface area contributed by atoms with Crippen LogP contribution in [0.3, 0.4) is 0 Å². The molecule has 5 heteroatoms.